The summed E-state index contributed by atoms with van der Waals surface area (Å²) in [6, 6.07) is 0. The fourth-order valence-corrected chi connectivity index (χ4v) is 2.14. The minimum absolute atomic E-state index is 0.270. The SMILES string of the molecule is CCCOCCCNc1nc(N)nc(N2CCCC2)n1. The van der Waals surface area contributed by atoms with E-state index in [9.17, 15) is 0 Å². The maximum absolute atomic E-state index is 5.74. The number of rotatable bonds is 8. The Morgan fingerprint density at radius 3 is 2.75 bits per heavy atom. The molecule has 20 heavy (non-hydrogen) atoms. The molecule has 7 nitrogen and oxygen atoms in total. The van der Waals surface area contributed by atoms with Crippen molar-refractivity contribution in [2.45, 2.75) is 32.6 Å². The number of nitrogens with two attached hydrogens (primary N) is 1. The summed E-state index contributed by atoms with van der Waals surface area (Å²) in [6.07, 6.45) is 4.34. The average molecular weight is 280 g/mol. The molecule has 0 spiro atoms. The van der Waals surface area contributed by atoms with E-state index in [0.717, 1.165) is 45.7 Å². The number of nitrogens with zero attached hydrogens (tertiary/aromatic N) is 4. The Hall–Kier alpha value is -1.63. The number of nitrogens with one attached hydrogen (secondary N) is 1. The lowest BCUT2D eigenvalue weighted by molar-refractivity contribution is 0.134. The molecule has 1 aromatic heterocycles. The topological polar surface area (TPSA) is 89.2 Å². The van der Waals surface area contributed by atoms with E-state index in [1.807, 2.05) is 0 Å². The van der Waals surface area contributed by atoms with Crippen molar-refractivity contribution in [3.05, 3.63) is 0 Å². The zero-order chi connectivity index (χ0) is 14.2. The van der Waals surface area contributed by atoms with E-state index in [4.69, 9.17) is 10.5 Å². The van der Waals surface area contributed by atoms with Gasteiger partial charge in [-0.25, -0.2) is 0 Å². The summed E-state index contributed by atoms with van der Waals surface area (Å²) in [4.78, 5) is 14.9. The molecule has 1 aromatic rings. The lowest BCUT2D eigenvalue weighted by atomic mass is 10.4. The molecule has 1 saturated heterocycles. The maximum atomic E-state index is 5.74. The Labute approximate surface area is 119 Å². The van der Waals surface area contributed by atoms with Crippen LogP contribution in [0.1, 0.15) is 32.6 Å². The molecule has 0 aliphatic carbocycles. The molecule has 112 valence electrons. The molecule has 1 aliphatic rings. The highest BCUT2D eigenvalue weighted by molar-refractivity contribution is 5.42. The summed E-state index contributed by atoms with van der Waals surface area (Å²) in [5.74, 6) is 1.50. The van der Waals surface area contributed by atoms with E-state index >= 15 is 0 Å². The molecule has 0 unspecified atom stereocenters. The van der Waals surface area contributed by atoms with Gasteiger partial charge in [0.25, 0.3) is 0 Å². The van der Waals surface area contributed by atoms with E-state index < -0.39 is 0 Å². The molecule has 2 heterocycles. The predicted octanol–water partition coefficient (Wildman–Crippen LogP) is 1.28. The highest BCUT2D eigenvalue weighted by Crippen LogP contribution is 2.17. The normalized spacial score (nSPS) is 14.8. The molecule has 7 heteroatoms. The first-order valence-corrected chi connectivity index (χ1v) is 7.37. The van der Waals surface area contributed by atoms with Crippen LogP contribution >= 0.6 is 0 Å². The molecule has 0 bridgehead atoms. The van der Waals surface area contributed by atoms with Crippen LogP contribution in [0, 0.1) is 0 Å². The van der Waals surface area contributed by atoms with E-state index in [1.165, 1.54) is 12.8 Å². The third-order valence-electron chi connectivity index (χ3n) is 3.13. The van der Waals surface area contributed by atoms with E-state index in [0.29, 0.717) is 11.9 Å². The van der Waals surface area contributed by atoms with Gasteiger partial charge in [-0.05, 0) is 25.7 Å². The first kappa shape index (κ1) is 14.8. The second-order valence-electron chi connectivity index (χ2n) is 4.90. The molecule has 1 aliphatic heterocycles. The van der Waals surface area contributed by atoms with Crippen molar-refractivity contribution in [3.8, 4) is 0 Å². The molecular weight excluding hydrogens is 256 g/mol. The van der Waals surface area contributed by atoms with Gasteiger partial charge in [-0.3, -0.25) is 0 Å². The third kappa shape index (κ3) is 4.48. The van der Waals surface area contributed by atoms with Gasteiger partial charge in [0.15, 0.2) is 0 Å². The van der Waals surface area contributed by atoms with Gasteiger partial charge in [-0.15, -0.1) is 0 Å². The van der Waals surface area contributed by atoms with Gasteiger partial charge in [0.1, 0.15) is 0 Å². The third-order valence-corrected chi connectivity index (χ3v) is 3.13. The summed E-state index contributed by atoms with van der Waals surface area (Å²) >= 11 is 0. The second kappa shape index (κ2) is 7.84. The number of hydrogen-bond donors (Lipinski definition) is 2. The molecule has 0 amide bonds. The van der Waals surface area contributed by atoms with Crippen LogP contribution < -0.4 is 16.0 Å². The molecule has 0 aromatic carbocycles. The van der Waals surface area contributed by atoms with Gasteiger partial charge in [0, 0.05) is 32.8 Å². The number of hydrogen-bond acceptors (Lipinski definition) is 7. The van der Waals surface area contributed by atoms with Gasteiger partial charge in [-0.2, -0.15) is 15.0 Å². The zero-order valence-corrected chi connectivity index (χ0v) is 12.1. The van der Waals surface area contributed by atoms with Crippen LogP contribution in [0.3, 0.4) is 0 Å². The Balaban J connectivity index is 1.81. The molecule has 2 rings (SSSR count). The van der Waals surface area contributed by atoms with Crippen LogP contribution in [-0.4, -0.2) is 47.8 Å². The molecule has 0 radical (unpaired) electrons. The van der Waals surface area contributed by atoms with Crippen molar-refractivity contribution in [1.82, 2.24) is 15.0 Å². The van der Waals surface area contributed by atoms with E-state index in [-0.39, 0.29) is 5.95 Å². The highest BCUT2D eigenvalue weighted by atomic mass is 16.5. The largest absolute Gasteiger partial charge is 0.381 e. The van der Waals surface area contributed by atoms with Crippen molar-refractivity contribution in [2.75, 3.05) is 48.8 Å². The van der Waals surface area contributed by atoms with E-state index in [1.54, 1.807) is 0 Å². The zero-order valence-electron chi connectivity index (χ0n) is 12.1. The van der Waals surface area contributed by atoms with Gasteiger partial charge >= 0.3 is 0 Å². The quantitative estimate of drug-likeness (QED) is 0.693. The van der Waals surface area contributed by atoms with Crippen molar-refractivity contribution in [3.63, 3.8) is 0 Å². The van der Waals surface area contributed by atoms with Crippen LogP contribution in [0.15, 0.2) is 0 Å². The predicted molar refractivity (Wildman–Crippen MR) is 79.9 cm³/mol. The lowest BCUT2D eigenvalue weighted by Gasteiger charge is -2.16. The molecule has 0 saturated carbocycles. The number of aromatic nitrogens is 3. The van der Waals surface area contributed by atoms with Crippen molar-refractivity contribution in [1.29, 1.82) is 0 Å². The minimum Gasteiger partial charge on any atom is -0.381 e. The van der Waals surface area contributed by atoms with Crippen LogP contribution in [0.2, 0.25) is 0 Å². The first-order chi connectivity index (χ1) is 9.79. The fraction of sp³-hybridized carbons (Fsp3) is 0.769. The smallest absolute Gasteiger partial charge is 0.231 e. The summed E-state index contributed by atoms with van der Waals surface area (Å²) in [5.41, 5.74) is 5.74. The van der Waals surface area contributed by atoms with Gasteiger partial charge < -0.3 is 20.7 Å². The number of anilines is 3. The lowest BCUT2D eigenvalue weighted by Crippen LogP contribution is -2.22. The summed E-state index contributed by atoms with van der Waals surface area (Å²) in [7, 11) is 0. The Morgan fingerprint density at radius 2 is 2.00 bits per heavy atom. The summed E-state index contributed by atoms with van der Waals surface area (Å²) < 4.78 is 5.42. The highest BCUT2D eigenvalue weighted by Gasteiger charge is 2.16. The van der Waals surface area contributed by atoms with E-state index in [2.05, 4.69) is 32.1 Å². The fourth-order valence-electron chi connectivity index (χ4n) is 2.14. The monoisotopic (exact) mass is 280 g/mol. The second-order valence-corrected chi connectivity index (χ2v) is 4.90. The molecule has 1 fully saturated rings. The Kier molecular flexibility index (Phi) is 5.79. The maximum Gasteiger partial charge on any atom is 0.231 e. The Bertz CT molecular complexity index is 408. The van der Waals surface area contributed by atoms with Crippen LogP contribution in [0.5, 0.6) is 0 Å². The van der Waals surface area contributed by atoms with Gasteiger partial charge in [0.2, 0.25) is 17.8 Å². The molecule has 0 atom stereocenters. The van der Waals surface area contributed by atoms with Crippen molar-refractivity contribution in [2.24, 2.45) is 0 Å². The average Bonchev–Trinajstić information content (AvgIpc) is 2.96. The summed E-state index contributed by atoms with van der Waals surface area (Å²) in [6.45, 7) is 6.43. The van der Waals surface area contributed by atoms with Gasteiger partial charge in [-0.1, -0.05) is 6.92 Å². The minimum atomic E-state index is 0.270. The van der Waals surface area contributed by atoms with Crippen molar-refractivity contribution < 1.29 is 4.74 Å². The number of ether oxygens (including phenoxy) is 1. The van der Waals surface area contributed by atoms with Crippen molar-refractivity contribution >= 4 is 17.8 Å². The van der Waals surface area contributed by atoms with Gasteiger partial charge in [0.05, 0.1) is 0 Å². The molecule has 3 N–H and O–H groups in total. The van der Waals surface area contributed by atoms with Crippen LogP contribution in [0.4, 0.5) is 17.8 Å². The van der Waals surface area contributed by atoms with Crippen LogP contribution in [-0.2, 0) is 4.74 Å². The van der Waals surface area contributed by atoms with Crippen LogP contribution in [0.25, 0.3) is 0 Å². The first-order valence-electron chi connectivity index (χ1n) is 7.37. The standard InChI is InChI=1S/C13H24N6O/c1-2-9-20-10-5-6-15-12-16-11(14)17-13(18-12)19-7-3-4-8-19/h2-10H2,1H3,(H3,14,15,16,17,18). The molecular formula is C13H24N6O. The number of nitrogen functional groups attached to an aromatic ring is 1. The Morgan fingerprint density at radius 1 is 1.20 bits per heavy atom. The summed E-state index contributed by atoms with van der Waals surface area (Å²) in [5, 5.41) is 3.18.